The Morgan fingerprint density at radius 2 is 2.26 bits per heavy atom. The van der Waals surface area contributed by atoms with Crippen LogP contribution in [-0.4, -0.2) is 51.2 Å². The third kappa shape index (κ3) is 3.54. The minimum atomic E-state index is -0.360. The van der Waals surface area contributed by atoms with Crippen molar-refractivity contribution in [1.29, 1.82) is 0 Å². The lowest BCUT2D eigenvalue weighted by atomic mass is 10.3. The quantitative estimate of drug-likeness (QED) is 0.751. The maximum absolute atomic E-state index is 13.2. The molecule has 8 heteroatoms. The summed E-state index contributed by atoms with van der Waals surface area (Å²) in [4.78, 5) is 21.3. The summed E-state index contributed by atoms with van der Waals surface area (Å²) in [7, 11) is 3.95. The minimum absolute atomic E-state index is 0.275. The number of hydrogen-bond donors (Lipinski definition) is 2. The summed E-state index contributed by atoms with van der Waals surface area (Å²) in [5.74, 6) is -0.404. The fourth-order valence-electron chi connectivity index (χ4n) is 2.13. The van der Waals surface area contributed by atoms with E-state index in [1.54, 1.807) is 16.9 Å². The Labute approximate surface area is 132 Å². The average molecular weight is 316 g/mol. The number of halogens is 1. The van der Waals surface area contributed by atoms with Gasteiger partial charge in [0.15, 0.2) is 0 Å². The van der Waals surface area contributed by atoms with E-state index in [1.165, 1.54) is 18.3 Å². The van der Waals surface area contributed by atoms with Gasteiger partial charge in [0.05, 0.1) is 29.3 Å². The number of nitrogens with one attached hydrogen (secondary N) is 2. The molecule has 2 aromatic heterocycles. The Morgan fingerprint density at radius 1 is 1.43 bits per heavy atom. The molecule has 2 heterocycles. The molecule has 7 nitrogen and oxygen atoms in total. The third-order valence-electron chi connectivity index (χ3n) is 3.35. The molecule has 0 aliphatic heterocycles. The van der Waals surface area contributed by atoms with E-state index in [0.717, 1.165) is 6.54 Å². The molecule has 0 radical (unpaired) electrons. The molecule has 1 amide bonds. The average Bonchev–Trinajstić information content (AvgIpc) is 3.10. The van der Waals surface area contributed by atoms with Crippen LogP contribution in [0.15, 0.2) is 30.6 Å². The van der Waals surface area contributed by atoms with E-state index >= 15 is 0 Å². The van der Waals surface area contributed by atoms with Crippen molar-refractivity contribution < 1.29 is 9.18 Å². The molecule has 0 atom stereocenters. The number of nitrogens with zero attached hydrogens (tertiary/aromatic N) is 4. The molecule has 2 N–H and O–H groups in total. The highest BCUT2D eigenvalue weighted by molar-refractivity contribution is 6.03. The number of carbonyl (C=O) groups excluding carboxylic acids is 1. The van der Waals surface area contributed by atoms with Gasteiger partial charge in [-0.05, 0) is 32.3 Å². The van der Waals surface area contributed by atoms with Gasteiger partial charge in [0.25, 0.3) is 5.91 Å². The number of amides is 1. The first kappa shape index (κ1) is 15.2. The largest absolute Gasteiger partial charge is 0.324 e. The van der Waals surface area contributed by atoms with Gasteiger partial charge in [0, 0.05) is 12.7 Å². The van der Waals surface area contributed by atoms with Crippen LogP contribution in [-0.2, 0) is 6.54 Å². The Hall–Kier alpha value is -2.74. The van der Waals surface area contributed by atoms with Crippen LogP contribution in [0.3, 0.4) is 0 Å². The molecule has 3 aromatic rings. The van der Waals surface area contributed by atoms with Gasteiger partial charge in [-0.3, -0.25) is 14.8 Å². The van der Waals surface area contributed by atoms with Crippen LogP contribution in [0, 0.1) is 5.82 Å². The monoisotopic (exact) mass is 316 g/mol. The lowest BCUT2D eigenvalue weighted by Crippen LogP contribution is -2.18. The first-order valence-electron chi connectivity index (χ1n) is 7.15. The summed E-state index contributed by atoms with van der Waals surface area (Å²) in [5.41, 5.74) is 1.56. The molecule has 23 heavy (non-hydrogen) atoms. The number of hydrogen-bond acceptors (Lipinski definition) is 4. The van der Waals surface area contributed by atoms with Crippen LogP contribution >= 0.6 is 0 Å². The second-order valence-corrected chi connectivity index (χ2v) is 5.50. The van der Waals surface area contributed by atoms with E-state index in [9.17, 15) is 9.18 Å². The predicted molar refractivity (Wildman–Crippen MR) is 84.8 cm³/mol. The summed E-state index contributed by atoms with van der Waals surface area (Å²) < 4.78 is 14.9. The van der Waals surface area contributed by atoms with Crippen LogP contribution in [0.5, 0.6) is 0 Å². The lowest BCUT2D eigenvalue weighted by molar-refractivity contribution is 0.102. The molecule has 0 fully saturated rings. The van der Waals surface area contributed by atoms with Gasteiger partial charge >= 0.3 is 0 Å². The van der Waals surface area contributed by atoms with Crippen LogP contribution < -0.4 is 5.32 Å². The van der Waals surface area contributed by atoms with Crippen LogP contribution in [0.1, 0.15) is 10.4 Å². The van der Waals surface area contributed by atoms with Crippen molar-refractivity contribution in [3.05, 3.63) is 42.0 Å². The second-order valence-electron chi connectivity index (χ2n) is 5.50. The molecule has 0 saturated carbocycles. The zero-order valence-corrected chi connectivity index (χ0v) is 12.9. The van der Waals surface area contributed by atoms with Crippen molar-refractivity contribution >= 4 is 22.9 Å². The number of aromatic amines is 1. The molecule has 0 unspecified atom stereocenters. The van der Waals surface area contributed by atoms with E-state index in [2.05, 4.69) is 20.4 Å². The van der Waals surface area contributed by atoms with E-state index in [-0.39, 0.29) is 17.7 Å². The fourth-order valence-corrected chi connectivity index (χ4v) is 2.13. The molecule has 3 rings (SSSR count). The van der Waals surface area contributed by atoms with Gasteiger partial charge in [-0.25, -0.2) is 9.37 Å². The van der Waals surface area contributed by atoms with Crippen LogP contribution in [0.4, 0.5) is 10.3 Å². The van der Waals surface area contributed by atoms with Crippen molar-refractivity contribution in [2.75, 3.05) is 26.0 Å². The summed E-state index contributed by atoms with van der Waals surface area (Å²) >= 11 is 0. The van der Waals surface area contributed by atoms with Gasteiger partial charge in [-0.15, -0.1) is 0 Å². The standard InChI is InChI=1S/C15H17FN6O/c1-21(2)5-6-22-9-10(8-17-22)14(23)20-15-18-12-4-3-11(16)7-13(12)19-15/h3-4,7-9H,5-6H2,1-2H3,(H2,18,19,20,23). The number of imidazole rings is 1. The fraction of sp³-hybridized carbons (Fsp3) is 0.267. The van der Waals surface area contributed by atoms with Crippen LogP contribution in [0.2, 0.25) is 0 Å². The third-order valence-corrected chi connectivity index (χ3v) is 3.35. The highest BCUT2D eigenvalue weighted by atomic mass is 19.1. The number of carbonyl (C=O) groups is 1. The first-order chi connectivity index (χ1) is 11.0. The first-order valence-corrected chi connectivity index (χ1v) is 7.15. The smallest absolute Gasteiger partial charge is 0.261 e. The number of anilines is 1. The Bertz CT molecular complexity index is 837. The number of aromatic nitrogens is 4. The number of fused-ring (bicyclic) bond motifs is 1. The number of rotatable bonds is 5. The zero-order chi connectivity index (χ0) is 16.4. The van der Waals surface area contributed by atoms with Crippen molar-refractivity contribution in [3.63, 3.8) is 0 Å². The number of benzene rings is 1. The molecule has 0 aliphatic carbocycles. The van der Waals surface area contributed by atoms with E-state index in [1.807, 2.05) is 19.0 Å². The van der Waals surface area contributed by atoms with Crippen molar-refractivity contribution in [2.45, 2.75) is 6.54 Å². The molecule has 0 bridgehead atoms. The summed E-state index contributed by atoms with van der Waals surface area (Å²) in [6, 6.07) is 4.21. The molecular formula is C15H17FN6O. The minimum Gasteiger partial charge on any atom is -0.324 e. The SMILES string of the molecule is CN(C)CCn1cc(C(=O)Nc2nc3ccc(F)cc3[nH]2)cn1. The van der Waals surface area contributed by atoms with Gasteiger partial charge in [-0.1, -0.05) is 0 Å². The van der Waals surface area contributed by atoms with Crippen molar-refractivity contribution in [2.24, 2.45) is 0 Å². The maximum atomic E-state index is 13.2. The molecule has 0 spiro atoms. The van der Waals surface area contributed by atoms with Gasteiger partial charge < -0.3 is 9.88 Å². The Morgan fingerprint density at radius 3 is 3.04 bits per heavy atom. The van der Waals surface area contributed by atoms with E-state index in [0.29, 0.717) is 23.1 Å². The highest BCUT2D eigenvalue weighted by Crippen LogP contribution is 2.16. The molecule has 0 saturated heterocycles. The molecule has 0 aliphatic rings. The second kappa shape index (κ2) is 6.17. The highest BCUT2D eigenvalue weighted by Gasteiger charge is 2.12. The molecular weight excluding hydrogens is 299 g/mol. The topological polar surface area (TPSA) is 78.8 Å². The van der Waals surface area contributed by atoms with Gasteiger partial charge in [-0.2, -0.15) is 5.10 Å². The molecule has 1 aromatic carbocycles. The predicted octanol–water partition coefficient (Wildman–Crippen LogP) is 1.71. The normalized spacial score (nSPS) is 11.3. The lowest BCUT2D eigenvalue weighted by Gasteiger charge is -2.08. The van der Waals surface area contributed by atoms with Crippen LogP contribution in [0.25, 0.3) is 11.0 Å². The Kier molecular flexibility index (Phi) is 4.07. The van der Waals surface area contributed by atoms with Crippen molar-refractivity contribution in [3.8, 4) is 0 Å². The summed E-state index contributed by atoms with van der Waals surface area (Å²) in [6.07, 6.45) is 3.19. The van der Waals surface area contributed by atoms with Gasteiger partial charge in [0.1, 0.15) is 5.82 Å². The molecule has 120 valence electrons. The summed E-state index contributed by atoms with van der Waals surface area (Å²) in [5, 5.41) is 6.81. The number of likely N-dealkylation sites (N-methyl/N-ethyl adjacent to an activating group) is 1. The number of H-pyrrole nitrogens is 1. The van der Waals surface area contributed by atoms with E-state index < -0.39 is 0 Å². The maximum Gasteiger partial charge on any atom is 0.261 e. The van der Waals surface area contributed by atoms with E-state index in [4.69, 9.17) is 0 Å². The zero-order valence-electron chi connectivity index (χ0n) is 12.9. The summed E-state index contributed by atoms with van der Waals surface area (Å²) in [6.45, 7) is 1.53. The Balaban J connectivity index is 1.70. The van der Waals surface area contributed by atoms with Crippen molar-refractivity contribution in [1.82, 2.24) is 24.6 Å². The van der Waals surface area contributed by atoms with Gasteiger partial charge in [0.2, 0.25) is 5.95 Å².